The molecule has 2 amide bonds. The highest BCUT2D eigenvalue weighted by Gasteiger charge is 2.33. The van der Waals surface area contributed by atoms with E-state index in [1.165, 1.54) is 10.4 Å². The van der Waals surface area contributed by atoms with Crippen LogP contribution >= 0.6 is 23.2 Å². The molecule has 2 heterocycles. The molecule has 36 heavy (non-hydrogen) atoms. The summed E-state index contributed by atoms with van der Waals surface area (Å²) in [5.41, 5.74) is 1.27. The fourth-order valence-electron chi connectivity index (χ4n) is 4.47. The van der Waals surface area contributed by atoms with Crippen molar-refractivity contribution in [1.29, 1.82) is 0 Å². The first kappa shape index (κ1) is 26.9. The smallest absolute Gasteiger partial charge is 0.253 e. The molecule has 2 aliphatic heterocycles. The van der Waals surface area contributed by atoms with Crippen LogP contribution in [-0.2, 0) is 25.3 Å². The van der Waals surface area contributed by atoms with Gasteiger partial charge in [-0.15, -0.1) is 0 Å². The number of carbonyl (C=O) groups excluding carboxylic acids is 2. The standard InChI is InChI=1S/C25H29Cl2N3O5S/c26-21-10-9-17(13-22(21)27)16-36(33,34)30-11-3-5-18(15-30)24(31)29-23-8-2-1-7-20(23)25(32)28-14-19-6-4-12-35-19/h1-2,7-10,13,18-19H,3-6,11-12,14-16H2,(H,28,32)(H,29,31)/t18-,19-/m0/s1. The van der Waals surface area contributed by atoms with Crippen LogP contribution in [0, 0.1) is 5.92 Å². The van der Waals surface area contributed by atoms with Gasteiger partial charge in [0.2, 0.25) is 15.9 Å². The van der Waals surface area contributed by atoms with Crippen LogP contribution in [-0.4, -0.2) is 56.9 Å². The maximum absolute atomic E-state index is 13.1. The van der Waals surface area contributed by atoms with Gasteiger partial charge in [-0.2, -0.15) is 0 Å². The van der Waals surface area contributed by atoms with Crippen molar-refractivity contribution in [2.45, 2.75) is 37.5 Å². The van der Waals surface area contributed by atoms with Crippen molar-refractivity contribution in [3.05, 3.63) is 63.6 Å². The summed E-state index contributed by atoms with van der Waals surface area (Å²) in [6.07, 6.45) is 3.01. The van der Waals surface area contributed by atoms with Crippen molar-refractivity contribution in [2.24, 2.45) is 5.92 Å². The number of hydrogen-bond acceptors (Lipinski definition) is 5. The third-order valence-electron chi connectivity index (χ3n) is 6.43. The molecule has 0 aliphatic carbocycles. The minimum Gasteiger partial charge on any atom is -0.376 e. The first-order chi connectivity index (χ1) is 17.2. The first-order valence-corrected chi connectivity index (χ1v) is 14.3. The van der Waals surface area contributed by atoms with Crippen molar-refractivity contribution in [3.63, 3.8) is 0 Å². The van der Waals surface area contributed by atoms with Crippen LogP contribution in [0.25, 0.3) is 0 Å². The van der Waals surface area contributed by atoms with Gasteiger partial charge in [-0.1, -0.05) is 41.4 Å². The molecule has 0 saturated carbocycles. The van der Waals surface area contributed by atoms with Crippen molar-refractivity contribution in [1.82, 2.24) is 9.62 Å². The Kier molecular flexibility index (Phi) is 8.90. The molecule has 8 nitrogen and oxygen atoms in total. The van der Waals surface area contributed by atoms with Crippen molar-refractivity contribution in [3.8, 4) is 0 Å². The van der Waals surface area contributed by atoms with E-state index in [0.717, 1.165) is 12.8 Å². The van der Waals surface area contributed by atoms with Crippen LogP contribution in [0.2, 0.25) is 10.0 Å². The lowest BCUT2D eigenvalue weighted by atomic mass is 9.98. The van der Waals surface area contributed by atoms with E-state index in [1.54, 1.807) is 36.4 Å². The van der Waals surface area contributed by atoms with Crippen LogP contribution in [0.4, 0.5) is 5.69 Å². The molecule has 4 rings (SSSR count). The van der Waals surface area contributed by atoms with Crippen LogP contribution in [0.1, 0.15) is 41.6 Å². The number of amides is 2. The number of hydrogen-bond donors (Lipinski definition) is 2. The van der Waals surface area contributed by atoms with E-state index in [4.69, 9.17) is 27.9 Å². The SMILES string of the molecule is O=C(NC[C@@H]1CCCO1)c1ccccc1NC(=O)[C@H]1CCCN(S(=O)(=O)Cc2ccc(Cl)c(Cl)c2)C1. The van der Waals surface area contributed by atoms with Gasteiger partial charge in [0.05, 0.1) is 39.1 Å². The van der Waals surface area contributed by atoms with E-state index in [2.05, 4.69) is 10.6 Å². The molecule has 2 aliphatic rings. The number of nitrogens with one attached hydrogen (secondary N) is 2. The predicted octanol–water partition coefficient (Wildman–Crippen LogP) is 4.08. The summed E-state index contributed by atoms with van der Waals surface area (Å²) in [7, 11) is -3.67. The number of sulfonamides is 1. The van der Waals surface area contributed by atoms with E-state index >= 15 is 0 Å². The summed E-state index contributed by atoms with van der Waals surface area (Å²) >= 11 is 12.0. The first-order valence-electron chi connectivity index (χ1n) is 11.9. The van der Waals surface area contributed by atoms with Gasteiger partial charge in [-0.3, -0.25) is 9.59 Å². The Labute approximate surface area is 221 Å². The van der Waals surface area contributed by atoms with Crippen LogP contribution in [0.5, 0.6) is 0 Å². The maximum atomic E-state index is 13.1. The number of halogens is 2. The summed E-state index contributed by atoms with van der Waals surface area (Å²) in [5, 5.41) is 6.36. The molecule has 2 aromatic carbocycles. The number of para-hydroxylation sites is 1. The zero-order valence-electron chi connectivity index (χ0n) is 19.7. The molecule has 2 fully saturated rings. The van der Waals surface area contributed by atoms with E-state index < -0.39 is 15.9 Å². The Morgan fingerprint density at radius 1 is 1.06 bits per heavy atom. The molecule has 194 valence electrons. The second-order valence-corrected chi connectivity index (χ2v) is 11.9. The monoisotopic (exact) mass is 553 g/mol. The van der Waals surface area contributed by atoms with Gasteiger partial charge in [0, 0.05) is 26.2 Å². The number of benzene rings is 2. The fourth-order valence-corrected chi connectivity index (χ4v) is 6.39. The van der Waals surface area contributed by atoms with E-state index in [-0.39, 0.29) is 30.2 Å². The average molecular weight is 554 g/mol. The molecule has 2 atom stereocenters. The minimum absolute atomic E-state index is 0.00905. The molecule has 11 heteroatoms. The number of rotatable bonds is 8. The lowest BCUT2D eigenvalue weighted by Gasteiger charge is -2.31. The second-order valence-electron chi connectivity index (χ2n) is 9.08. The lowest BCUT2D eigenvalue weighted by Crippen LogP contribution is -2.44. The normalized spacial score (nSPS) is 20.7. The predicted molar refractivity (Wildman–Crippen MR) is 140 cm³/mol. The molecule has 2 N–H and O–H groups in total. The molecule has 0 aromatic heterocycles. The number of piperidine rings is 1. The van der Waals surface area contributed by atoms with E-state index in [9.17, 15) is 18.0 Å². The van der Waals surface area contributed by atoms with Gasteiger partial charge in [0.1, 0.15) is 0 Å². The van der Waals surface area contributed by atoms with E-state index in [0.29, 0.717) is 59.4 Å². The number of carbonyl (C=O) groups is 2. The maximum Gasteiger partial charge on any atom is 0.253 e. The third kappa shape index (κ3) is 6.77. The largest absolute Gasteiger partial charge is 0.376 e. The topological polar surface area (TPSA) is 105 Å². The summed E-state index contributed by atoms with van der Waals surface area (Å²) in [6, 6.07) is 11.5. The molecule has 2 saturated heterocycles. The third-order valence-corrected chi connectivity index (χ3v) is 8.98. The van der Waals surface area contributed by atoms with Gasteiger partial charge in [0.15, 0.2) is 0 Å². The van der Waals surface area contributed by atoms with Gasteiger partial charge < -0.3 is 15.4 Å². The van der Waals surface area contributed by atoms with Gasteiger partial charge in [-0.05, 0) is 55.5 Å². The van der Waals surface area contributed by atoms with Gasteiger partial charge >= 0.3 is 0 Å². The van der Waals surface area contributed by atoms with Crippen molar-refractivity contribution < 1.29 is 22.7 Å². The molecule has 0 radical (unpaired) electrons. The second kappa shape index (κ2) is 11.9. The molecular weight excluding hydrogens is 525 g/mol. The number of ether oxygens (including phenoxy) is 1. The lowest BCUT2D eigenvalue weighted by molar-refractivity contribution is -0.120. The molecular formula is C25H29Cl2N3O5S. The van der Waals surface area contributed by atoms with Gasteiger partial charge in [-0.25, -0.2) is 12.7 Å². The highest BCUT2D eigenvalue weighted by molar-refractivity contribution is 7.88. The molecule has 2 aromatic rings. The van der Waals surface area contributed by atoms with E-state index in [1.807, 2.05) is 0 Å². The fraction of sp³-hybridized carbons (Fsp3) is 0.440. The zero-order valence-corrected chi connectivity index (χ0v) is 22.0. The average Bonchev–Trinajstić information content (AvgIpc) is 3.39. The Balaban J connectivity index is 1.39. The number of anilines is 1. The summed E-state index contributed by atoms with van der Waals surface area (Å²) in [6.45, 7) is 1.53. The highest BCUT2D eigenvalue weighted by atomic mass is 35.5. The quantitative estimate of drug-likeness (QED) is 0.512. The summed E-state index contributed by atoms with van der Waals surface area (Å²) in [4.78, 5) is 25.9. The Bertz CT molecular complexity index is 1220. The molecule has 0 bridgehead atoms. The zero-order chi connectivity index (χ0) is 25.7. The Morgan fingerprint density at radius 2 is 1.86 bits per heavy atom. The summed E-state index contributed by atoms with van der Waals surface area (Å²) < 4.78 is 33.0. The Hall–Kier alpha value is -2.17. The Morgan fingerprint density at radius 3 is 2.61 bits per heavy atom. The number of nitrogens with zero attached hydrogens (tertiary/aromatic N) is 1. The van der Waals surface area contributed by atoms with Crippen molar-refractivity contribution >= 4 is 50.7 Å². The summed E-state index contributed by atoms with van der Waals surface area (Å²) in [5.74, 6) is -1.38. The van der Waals surface area contributed by atoms with Crippen LogP contribution in [0.15, 0.2) is 42.5 Å². The molecule has 0 spiro atoms. The highest BCUT2D eigenvalue weighted by Crippen LogP contribution is 2.27. The van der Waals surface area contributed by atoms with Gasteiger partial charge in [0.25, 0.3) is 5.91 Å². The minimum atomic E-state index is -3.67. The van der Waals surface area contributed by atoms with Crippen LogP contribution < -0.4 is 10.6 Å². The van der Waals surface area contributed by atoms with Crippen LogP contribution in [0.3, 0.4) is 0 Å². The molecule has 0 unspecified atom stereocenters. The van der Waals surface area contributed by atoms with Crippen molar-refractivity contribution in [2.75, 3.05) is 31.6 Å².